The second-order valence-corrected chi connectivity index (χ2v) is 9.01. The molecule has 0 saturated carbocycles. The fraction of sp³-hybridized carbons (Fsp3) is 0.500. The van der Waals surface area contributed by atoms with Gasteiger partial charge in [0.1, 0.15) is 6.61 Å². The van der Waals surface area contributed by atoms with Gasteiger partial charge in [0.05, 0.1) is 5.60 Å². The number of unbranched alkanes of at least 4 members (excludes halogenated alkanes) is 1. The lowest BCUT2D eigenvalue weighted by Gasteiger charge is -2.51. The number of nitrogens with zero attached hydrogens (tertiary/aromatic N) is 1. The summed E-state index contributed by atoms with van der Waals surface area (Å²) < 4.78 is 5.62. The summed E-state index contributed by atoms with van der Waals surface area (Å²) in [5, 5.41) is 11.3. The van der Waals surface area contributed by atoms with E-state index < -0.39 is 5.60 Å². The maximum absolute atomic E-state index is 12.8. The Balaban J connectivity index is 1.29. The van der Waals surface area contributed by atoms with Crippen molar-refractivity contribution in [2.45, 2.75) is 82.1 Å². The van der Waals surface area contributed by atoms with Gasteiger partial charge >= 0.3 is 6.09 Å². The number of hydrogen-bond acceptors (Lipinski definition) is 3. The van der Waals surface area contributed by atoms with E-state index in [-0.39, 0.29) is 18.2 Å². The molecular formula is C26H33NO3. The number of rotatable bonds is 7. The first kappa shape index (κ1) is 20.9. The third-order valence-corrected chi connectivity index (χ3v) is 6.71. The van der Waals surface area contributed by atoms with Crippen LogP contribution in [0, 0.1) is 0 Å². The molecule has 0 aromatic heterocycles. The highest BCUT2D eigenvalue weighted by atomic mass is 16.6. The monoisotopic (exact) mass is 407 g/mol. The van der Waals surface area contributed by atoms with Gasteiger partial charge in [0.25, 0.3) is 0 Å². The number of carbonyl (C=O) groups excluding carboxylic acids is 1. The zero-order chi connectivity index (χ0) is 20.8. The van der Waals surface area contributed by atoms with Gasteiger partial charge in [-0.1, -0.05) is 67.1 Å². The van der Waals surface area contributed by atoms with Crippen molar-refractivity contribution in [2.24, 2.45) is 0 Å². The second-order valence-electron chi connectivity index (χ2n) is 9.01. The van der Waals surface area contributed by atoms with Crippen molar-refractivity contribution >= 4 is 6.09 Å². The van der Waals surface area contributed by atoms with Gasteiger partial charge in [-0.15, -0.1) is 0 Å². The lowest BCUT2D eigenvalue weighted by molar-refractivity contribution is -0.0898. The summed E-state index contributed by atoms with van der Waals surface area (Å²) in [6, 6.07) is 20.5. The molecule has 0 spiro atoms. The molecule has 2 aliphatic heterocycles. The maximum Gasteiger partial charge on any atom is 0.410 e. The van der Waals surface area contributed by atoms with E-state index in [9.17, 15) is 9.90 Å². The van der Waals surface area contributed by atoms with Crippen LogP contribution in [0.2, 0.25) is 0 Å². The number of piperidine rings is 2. The standard InChI is InChI=1S/C26H33NO3/c28-25(30-20-22-13-5-2-6-14-22)27-23-15-9-16-24(27)19-26(29,18-23)17-8-7-12-21-10-3-1-4-11-21/h1-6,10-11,13-14,23-24,29H,7-9,12,15-20H2. The molecule has 2 fully saturated rings. The van der Waals surface area contributed by atoms with E-state index in [2.05, 4.69) is 24.3 Å². The number of ether oxygens (including phenoxy) is 1. The normalized spacial score (nSPS) is 25.7. The third kappa shape index (κ3) is 5.23. The highest BCUT2D eigenvalue weighted by Crippen LogP contribution is 2.41. The molecule has 2 aromatic carbocycles. The molecule has 2 heterocycles. The van der Waals surface area contributed by atoms with Gasteiger partial charge in [-0.3, -0.25) is 0 Å². The van der Waals surface area contributed by atoms with Gasteiger partial charge in [0.2, 0.25) is 0 Å². The van der Waals surface area contributed by atoms with E-state index in [1.165, 1.54) is 5.56 Å². The largest absolute Gasteiger partial charge is 0.445 e. The number of carbonyl (C=O) groups is 1. The highest BCUT2D eigenvalue weighted by Gasteiger charge is 2.47. The molecule has 4 rings (SSSR count). The van der Waals surface area contributed by atoms with Crippen molar-refractivity contribution in [3.63, 3.8) is 0 Å². The molecule has 0 radical (unpaired) electrons. The zero-order valence-corrected chi connectivity index (χ0v) is 17.7. The summed E-state index contributed by atoms with van der Waals surface area (Å²) in [7, 11) is 0. The summed E-state index contributed by atoms with van der Waals surface area (Å²) in [5.74, 6) is 0. The lowest BCUT2D eigenvalue weighted by Crippen LogP contribution is -2.59. The Hall–Kier alpha value is -2.33. The number of benzene rings is 2. The first-order valence-electron chi connectivity index (χ1n) is 11.4. The van der Waals surface area contributed by atoms with Crippen molar-refractivity contribution in [1.82, 2.24) is 4.90 Å². The van der Waals surface area contributed by atoms with Crippen molar-refractivity contribution < 1.29 is 14.6 Å². The predicted molar refractivity (Wildman–Crippen MR) is 118 cm³/mol. The first-order chi connectivity index (χ1) is 14.6. The molecule has 1 N–H and O–H groups in total. The van der Waals surface area contributed by atoms with Gasteiger partial charge in [-0.2, -0.15) is 0 Å². The number of hydrogen-bond donors (Lipinski definition) is 1. The van der Waals surface area contributed by atoms with Crippen LogP contribution in [0.15, 0.2) is 60.7 Å². The summed E-state index contributed by atoms with van der Waals surface area (Å²) in [5.41, 5.74) is 1.71. The minimum absolute atomic E-state index is 0.0971. The quantitative estimate of drug-likeness (QED) is 0.618. The minimum Gasteiger partial charge on any atom is -0.445 e. The Morgan fingerprint density at radius 2 is 1.53 bits per heavy atom. The van der Waals surface area contributed by atoms with Crippen LogP contribution >= 0.6 is 0 Å². The molecule has 2 aliphatic rings. The first-order valence-corrected chi connectivity index (χ1v) is 11.4. The summed E-state index contributed by atoms with van der Waals surface area (Å²) in [4.78, 5) is 14.8. The summed E-state index contributed by atoms with van der Waals surface area (Å²) >= 11 is 0. The second kappa shape index (κ2) is 9.65. The number of amides is 1. The maximum atomic E-state index is 12.8. The van der Waals surface area contributed by atoms with Crippen LogP contribution < -0.4 is 0 Å². The van der Waals surface area contributed by atoms with Gasteiger partial charge < -0.3 is 14.7 Å². The smallest absolute Gasteiger partial charge is 0.410 e. The molecule has 2 unspecified atom stereocenters. The number of aliphatic hydroxyl groups is 1. The zero-order valence-electron chi connectivity index (χ0n) is 17.7. The van der Waals surface area contributed by atoms with Crippen molar-refractivity contribution in [3.8, 4) is 0 Å². The molecule has 2 aromatic rings. The molecule has 2 saturated heterocycles. The van der Waals surface area contributed by atoms with Crippen LogP contribution in [-0.2, 0) is 17.8 Å². The number of fused-ring (bicyclic) bond motifs is 2. The Morgan fingerprint density at radius 1 is 0.933 bits per heavy atom. The van der Waals surface area contributed by atoms with Crippen LogP contribution in [0.1, 0.15) is 62.5 Å². The van der Waals surface area contributed by atoms with E-state index >= 15 is 0 Å². The molecule has 2 bridgehead atoms. The third-order valence-electron chi connectivity index (χ3n) is 6.71. The van der Waals surface area contributed by atoms with Gasteiger partial charge in [0.15, 0.2) is 0 Å². The number of aryl methyl sites for hydroxylation is 1. The molecule has 2 atom stereocenters. The molecule has 4 heteroatoms. The lowest BCUT2D eigenvalue weighted by atomic mass is 9.73. The molecule has 4 nitrogen and oxygen atoms in total. The molecule has 160 valence electrons. The van der Waals surface area contributed by atoms with Crippen LogP contribution in [0.3, 0.4) is 0 Å². The average molecular weight is 408 g/mol. The summed E-state index contributed by atoms with van der Waals surface area (Å²) in [6.07, 6.45) is 8.16. The fourth-order valence-corrected chi connectivity index (χ4v) is 5.25. The highest BCUT2D eigenvalue weighted by molar-refractivity contribution is 5.69. The summed E-state index contributed by atoms with van der Waals surface area (Å²) in [6.45, 7) is 0.305. The Morgan fingerprint density at radius 3 is 2.17 bits per heavy atom. The Kier molecular flexibility index (Phi) is 6.73. The van der Waals surface area contributed by atoms with Crippen molar-refractivity contribution in [3.05, 3.63) is 71.8 Å². The molecule has 1 amide bonds. The van der Waals surface area contributed by atoms with Crippen LogP contribution in [0.4, 0.5) is 4.79 Å². The van der Waals surface area contributed by atoms with E-state index in [0.717, 1.165) is 50.5 Å². The van der Waals surface area contributed by atoms with Crippen LogP contribution in [-0.4, -0.2) is 33.8 Å². The van der Waals surface area contributed by atoms with Crippen LogP contribution in [0.5, 0.6) is 0 Å². The van der Waals surface area contributed by atoms with Crippen LogP contribution in [0.25, 0.3) is 0 Å². The van der Waals surface area contributed by atoms with E-state index in [1.807, 2.05) is 41.3 Å². The SMILES string of the molecule is O=C(OCc1ccccc1)N1C2CCCC1CC(O)(CCCCc1ccccc1)C2. The molecule has 30 heavy (non-hydrogen) atoms. The fourth-order valence-electron chi connectivity index (χ4n) is 5.25. The topological polar surface area (TPSA) is 49.8 Å². The van der Waals surface area contributed by atoms with Gasteiger partial charge in [0, 0.05) is 12.1 Å². The minimum atomic E-state index is -0.650. The van der Waals surface area contributed by atoms with Crippen molar-refractivity contribution in [2.75, 3.05) is 0 Å². The predicted octanol–water partition coefficient (Wildman–Crippen LogP) is 5.48. The van der Waals surface area contributed by atoms with E-state index in [1.54, 1.807) is 0 Å². The van der Waals surface area contributed by atoms with Gasteiger partial charge in [-0.25, -0.2) is 4.79 Å². The molecular weight excluding hydrogens is 374 g/mol. The van der Waals surface area contributed by atoms with Crippen molar-refractivity contribution in [1.29, 1.82) is 0 Å². The Labute approximate surface area is 179 Å². The average Bonchev–Trinajstić information content (AvgIpc) is 2.76. The molecule has 0 aliphatic carbocycles. The van der Waals surface area contributed by atoms with E-state index in [4.69, 9.17) is 4.74 Å². The Bertz CT molecular complexity index is 794. The van der Waals surface area contributed by atoms with E-state index in [0.29, 0.717) is 19.4 Å². The van der Waals surface area contributed by atoms with Gasteiger partial charge in [-0.05, 0) is 62.5 Å².